The number of aromatic nitrogens is 1. The largest absolute Gasteiger partial charge is 0.416 e. The number of ketones is 1. The maximum Gasteiger partial charge on any atom is 0.416 e. The van der Waals surface area contributed by atoms with Gasteiger partial charge in [0, 0.05) is 30.3 Å². The molecule has 1 aliphatic heterocycles. The van der Waals surface area contributed by atoms with E-state index in [1.807, 2.05) is 0 Å². The van der Waals surface area contributed by atoms with Crippen molar-refractivity contribution in [2.24, 2.45) is 5.41 Å². The molecule has 1 aromatic carbocycles. The lowest BCUT2D eigenvalue weighted by atomic mass is 9.65. The van der Waals surface area contributed by atoms with Crippen LogP contribution in [0.3, 0.4) is 0 Å². The highest BCUT2D eigenvalue weighted by molar-refractivity contribution is 6.03. The van der Waals surface area contributed by atoms with Crippen molar-refractivity contribution in [3.8, 4) is 0 Å². The monoisotopic (exact) mass is 444 g/mol. The highest BCUT2D eigenvalue weighted by Gasteiger charge is 2.47. The lowest BCUT2D eigenvalue weighted by Gasteiger charge is -2.42. The minimum Gasteiger partial charge on any atom is -0.355 e. The average molecular weight is 444 g/mol. The van der Waals surface area contributed by atoms with E-state index in [9.17, 15) is 22.4 Å². The van der Waals surface area contributed by atoms with Crippen LogP contribution in [-0.4, -0.2) is 30.1 Å². The zero-order chi connectivity index (χ0) is 22.9. The summed E-state index contributed by atoms with van der Waals surface area (Å²) in [4.78, 5) is 17.5. The first-order valence-corrected chi connectivity index (χ1v) is 9.99. The molecule has 0 bridgehead atoms. The Kier molecular flexibility index (Phi) is 5.68. The molecule has 9 heteroatoms. The standard InChI is InChI=1S/C23H20F4N4O/c24-17-1-3-18(4-2-17)31-19-9-15-5-7-29-13-22(15,11-14(19)12-28)21(32)20-10-16(6-8-30-20)23(25,26)27/h1-4,6,8-10,12,28-29,31H,5,7,11,13H2. The second-order valence-electron chi connectivity index (χ2n) is 7.83. The molecule has 1 fully saturated rings. The Morgan fingerprint density at radius 3 is 2.66 bits per heavy atom. The van der Waals surface area contributed by atoms with Crippen LogP contribution < -0.4 is 10.6 Å². The van der Waals surface area contributed by atoms with Crippen LogP contribution in [0.4, 0.5) is 23.2 Å². The van der Waals surface area contributed by atoms with Gasteiger partial charge in [-0.15, -0.1) is 0 Å². The van der Waals surface area contributed by atoms with Crippen LogP contribution in [0.15, 0.2) is 65.5 Å². The zero-order valence-corrected chi connectivity index (χ0v) is 16.9. The zero-order valence-electron chi connectivity index (χ0n) is 16.9. The fourth-order valence-corrected chi connectivity index (χ4v) is 4.17. The second-order valence-corrected chi connectivity index (χ2v) is 7.83. The third-order valence-corrected chi connectivity index (χ3v) is 5.82. The minimum atomic E-state index is -4.59. The number of pyridine rings is 1. The Morgan fingerprint density at radius 2 is 1.97 bits per heavy atom. The number of fused-ring (bicyclic) bond motifs is 1. The highest BCUT2D eigenvalue weighted by atomic mass is 19.4. The molecule has 3 N–H and O–H groups in total. The lowest BCUT2D eigenvalue weighted by molar-refractivity contribution is -0.137. The number of rotatable bonds is 5. The van der Waals surface area contributed by atoms with E-state index in [-0.39, 0.29) is 24.5 Å². The van der Waals surface area contributed by atoms with Gasteiger partial charge in [-0.3, -0.25) is 9.78 Å². The number of allylic oxidation sites excluding steroid dienone is 2. The van der Waals surface area contributed by atoms with E-state index < -0.39 is 22.9 Å². The third kappa shape index (κ3) is 4.08. The van der Waals surface area contributed by atoms with Gasteiger partial charge < -0.3 is 16.0 Å². The highest BCUT2D eigenvalue weighted by Crippen LogP contribution is 2.45. The molecule has 1 aliphatic carbocycles. The lowest BCUT2D eigenvalue weighted by Crippen LogP contribution is -2.49. The molecule has 1 saturated heterocycles. The summed E-state index contributed by atoms with van der Waals surface area (Å²) in [5, 5.41) is 14.2. The van der Waals surface area contributed by atoms with Gasteiger partial charge in [-0.25, -0.2) is 4.39 Å². The Balaban J connectivity index is 1.72. The Bertz CT molecular complexity index is 1120. The van der Waals surface area contributed by atoms with E-state index in [1.165, 1.54) is 12.1 Å². The van der Waals surface area contributed by atoms with E-state index in [4.69, 9.17) is 5.41 Å². The second kappa shape index (κ2) is 8.31. The SMILES string of the molecule is N=CC1=C(Nc2ccc(F)cc2)C=C2CCNCC2(C(=O)c2cc(C(F)(F)F)ccn2)C1. The van der Waals surface area contributed by atoms with Crippen molar-refractivity contribution in [3.05, 3.63) is 82.6 Å². The quantitative estimate of drug-likeness (QED) is 0.353. The van der Waals surface area contributed by atoms with Crippen LogP contribution in [0.5, 0.6) is 0 Å². The molecule has 166 valence electrons. The number of carbonyl (C=O) groups is 1. The number of carbonyl (C=O) groups excluding carboxylic acids is 1. The van der Waals surface area contributed by atoms with Crippen LogP contribution in [0.25, 0.3) is 0 Å². The number of benzene rings is 1. The number of nitrogens with zero attached hydrogens (tertiary/aromatic N) is 1. The van der Waals surface area contributed by atoms with Crippen molar-refractivity contribution in [1.29, 1.82) is 5.41 Å². The van der Waals surface area contributed by atoms with Crippen LogP contribution in [0.1, 0.15) is 28.9 Å². The van der Waals surface area contributed by atoms with Crippen molar-refractivity contribution < 1.29 is 22.4 Å². The summed E-state index contributed by atoms with van der Waals surface area (Å²) >= 11 is 0. The van der Waals surface area contributed by atoms with Gasteiger partial charge in [0.2, 0.25) is 0 Å². The molecule has 2 heterocycles. The average Bonchev–Trinajstić information content (AvgIpc) is 2.79. The number of hydrogen-bond acceptors (Lipinski definition) is 5. The molecular weight excluding hydrogens is 424 g/mol. The number of nitrogens with one attached hydrogen (secondary N) is 3. The van der Waals surface area contributed by atoms with Crippen LogP contribution >= 0.6 is 0 Å². The van der Waals surface area contributed by atoms with Crippen molar-refractivity contribution in [3.63, 3.8) is 0 Å². The number of piperidine rings is 1. The normalized spacial score (nSPS) is 20.9. The summed E-state index contributed by atoms with van der Waals surface area (Å²) in [5.41, 5.74) is 0.176. The molecule has 0 radical (unpaired) electrons. The van der Waals surface area contributed by atoms with Gasteiger partial charge in [0.1, 0.15) is 11.5 Å². The molecule has 0 saturated carbocycles. The van der Waals surface area contributed by atoms with Gasteiger partial charge >= 0.3 is 6.18 Å². The molecule has 2 aromatic rings. The predicted molar refractivity (Wildman–Crippen MR) is 112 cm³/mol. The Labute approximate surface area is 181 Å². The van der Waals surface area contributed by atoms with Gasteiger partial charge in [-0.2, -0.15) is 13.2 Å². The minimum absolute atomic E-state index is 0.135. The molecular formula is C23H20F4N4O. The maximum absolute atomic E-state index is 13.5. The summed E-state index contributed by atoms with van der Waals surface area (Å²) in [6, 6.07) is 7.35. The van der Waals surface area contributed by atoms with E-state index in [0.29, 0.717) is 29.9 Å². The summed E-state index contributed by atoms with van der Waals surface area (Å²) in [6.45, 7) is 0.845. The number of anilines is 1. The van der Waals surface area contributed by atoms with E-state index in [0.717, 1.165) is 30.1 Å². The van der Waals surface area contributed by atoms with Gasteiger partial charge in [-0.05, 0) is 67.4 Å². The first kappa shape index (κ1) is 21.9. The summed E-state index contributed by atoms with van der Waals surface area (Å²) in [7, 11) is 0. The number of hydrogen-bond donors (Lipinski definition) is 3. The predicted octanol–water partition coefficient (Wildman–Crippen LogP) is 4.75. The molecule has 2 aliphatic rings. The summed E-state index contributed by atoms with van der Waals surface area (Å²) < 4.78 is 52.7. The van der Waals surface area contributed by atoms with Gasteiger partial charge in [0.05, 0.1) is 11.0 Å². The van der Waals surface area contributed by atoms with Crippen molar-refractivity contribution in [2.75, 3.05) is 18.4 Å². The molecule has 0 spiro atoms. The molecule has 1 unspecified atom stereocenters. The van der Waals surface area contributed by atoms with Crippen LogP contribution in [0.2, 0.25) is 0 Å². The topological polar surface area (TPSA) is 77.9 Å². The Hall–Kier alpha value is -3.33. The fourth-order valence-electron chi connectivity index (χ4n) is 4.17. The fraction of sp³-hybridized carbons (Fsp3) is 0.261. The van der Waals surface area contributed by atoms with E-state index >= 15 is 0 Å². The molecule has 1 aromatic heterocycles. The van der Waals surface area contributed by atoms with Crippen LogP contribution in [-0.2, 0) is 6.18 Å². The molecule has 5 nitrogen and oxygen atoms in total. The van der Waals surface area contributed by atoms with Crippen molar-refractivity contribution in [1.82, 2.24) is 10.3 Å². The summed E-state index contributed by atoms with van der Waals surface area (Å²) in [6.07, 6.45) is -0.0376. The first-order chi connectivity index (χ1) is 15.2. The molecule has 4 rings (SSSR count). The van der Waals surface area contributed by atoms with Crippen molar-refractivity contribution in [2.45, 2.75) is 19.0 Å². The van der Waals surface area contributed by atoms with Crippen molar-refractivity contribution >= 4 is 17.7 Å². The van der Waals surface area contributed by atoms with Crippen LogP contribution in [0, 0.1) is 16.6 Å². The third-order valence-electron chi connectivity index (χ3n) is 5.82. The molecule has 32 heavy (non-hydrogen) atoms. The Morgan fingerprint density at radius 1 is 1.22 bits per heavy atom. The van der Waals surface area contributed by atoms with Gasteiger partial charge in [-0.1, -0.05) is 5.57 Å². The molecule has 0 amide bonds. The van der Waals surface area contributed by atoms with Gasteiger partial charge in [0.15, 0.2) is 5.78 Å². The smallest absolute Gasteiger partial charge is 0.355 e. The number of halogens is 4. The molecule has 1 atom stereocenters. The summed E-state index contributed by atoms with van der Waals surface area (Å²) in [5.74, 6) is -0.891. The maximum atomic E-state index is 13.5. The first-order valence-electron chi connectivity index (χ1n) is 9.99. The van der Waals surface area contributed by atoms with E-state index in [1.54, 1.807) is 18.2 Å². The van der Waals surface area contributed by atoms with Gasteiger partial charge in [0.25, 0.3) is 0 Å². The number of alkyl halides is 3. The number of Topliss-reactive ketones (excluding diaryl/α,β-unsaturated/α-hetero) is 1. The van der Waals surface area contributed by atoms with E-state index in [2.05, 4.69) is 15.6 Å².